The zero-order valence-corrected chi connectivity index (χ0v) is 19.5. The zero-order valence-electron chi connectivity index (χ0n) is 17.9. The van der Waals surface area contributed by atoms with E-state index in [1.54, 1.807) is 30.0 Å². The van der Waals surface area contributed by atoms with E-state index in [9.17, 15) is 18.0 Å². The number of ether oxygens (including phenoxy) is 1. The van der Waals surface area contributed by atoms with Crippen molar-refractivity contribution in [2.45, 2.75) is 43.5 Å². The second kappa shape index (κ2) is 9.67. The molecule has 2 aliphatic rings. The number of likely N-dealkylation sites (tertiary alicyclic amines) is 1. The third kappa shape index (κ3) is 4.71. The van der Waals surface area contributed by atoms with Gasteiger partial charge in [0.15, 0.2) is 0 Å². The highest BCUT2D eigenvalue weighted by Gasteiger charge is 2.34. The molecule has 2 saturated heterocycles. The molecule has 1 aromatic heterocycles. The van der Waals surface area contributed by atoms with Crippen LogP contribution in [0.5, 0.6) is 0 Å². The molecular formula is C20H27N5O5S2. The van der Waals surface area contributed by atoms with Gasteiger partial charge in [-0.2, -0.15) is 13.1 Å². The summed E-state index contributed by atoms with van der Waals surface area (Å²) in [5, 5.41) is 3.08. The molecule has 0 bridgehead atoms. The van der Waals surface area contributed by atoms with Crippen LogP contribution in [0.4, 0.5) is 4.79 Å². The summed E-state index contributed by atoms with van der Waals surface area (Å²) < 4.78 is 41.0. The lowest BCUT2D eigenvalue weighted by Gasteiger charge is -2.34. The minimum Gasteiger partial charge on any atom is -0.450 e. The highest BCUT2D eigenvalue weighted by molar-refractivity contribution is 7.89. The maximum absolute atomic E-state index is 13.1. The first kappa shape index (κ1) is 22.9. The van der Waals surface area contributed by atoms with Crippen molar-refractivity contribution in [1.29, 1.82) is 0 Å². The molecule has 0 radical (unpaired) electrons. The Morgan fingerprint density at radius 3 is 2.53 bits per heavy atom. The Bertz CT molecular complexity index is 1070. The smallest absolute Gasteiger partial charge is 0.409 e. The molecule has 12 heteroatoms. The summed E-state index contributed by atoms with van der Waals surface area (Å²) in [5.41, 5.74) is 0.964. The molecule has 0 unspecified atom stereocenters. The summed E-state index contributed by atoms with van der Waals surface area (Å²) in [6.07, 6.45) is 2.00. The molecule has 0 spiro atoms. The second-order valence-corrected chi connectivity index (χ2v) is 10.5. The van der Waals surface area contributed by atoms with Crippen molar-refractivity contribution >= 4 is 44.8 Å². The molecule has 10 nitrogen and oxygen atoms in total. The molecule has 3 heterocycles. The van der Waals surface area contributed by atoms with Gasteiger partial charge in [0.05, 0.1) is 18.3 Å². The molecule has 0 atom stereocenters. The maximum Gasteiger partial charge on any atom is 0.409 e. The number of aromatic nitrogens is 2. The minimum absolute atomic E-state index is 0.0182. The van der Waals surface area contributed by atoms with Crippen molar-refractivity contribution in [3.8, 4) is 0 Å². The fourth-order valence-electron chi connectivity index (χ4n) is 4.23. The van der Waals surface area contributed by atoms with Gasteiger partial charge in [-0.1, -0.05) is 6.07 Å². The van der Waals surface area contributed by atoms with Crippen LogP contribution in [0.25, 0.3) is 11.0 Å². The molecule has 0 aliphatic carbocycles. The van der Waals surface area contributed by atoms with Crippen LogP contribution in [-0.4, -0.2) is 77.2 Å². The predicted octanol–water partition coefficient (Wildman–Crippen LogP) is 1.83. The predicted molar refractivity (Wildman–Crippen MR) is 119 cm³/mol. The van der Waals surface area contributed by atoms with E-state index in [0.717, 1.165) is 11.7 Å². The van der Waals surface area contributed by atoms with Gasteiger partial charge in [0, 0.05) is 38.1 Å². The highest BCUT2D eigenvalue weighted by atomic mass is 32.2. The Kier molecular flexibility index (Phi) is 6.91. The first-order valence-corrected chi connectivity index (χ1v) is 13.0. The van der Waals surface area contributed by atoms with Crippen LogP contribution < -0.4 is 5.32 Å². The van der Waals surface area contributed by atoms with E-state index >= 15 is 0 Å². The lowest BCUT2D eigenvalue weighted by Crippen LogP contribution is -2.49. The second-order valence-electron chi connectivity index (χ2n) is 8.04. The number of fused-ring (bicyclic) bond motifs is 1. The Morgan fingerprint density at radius 1 is 1.12 bits per heavy atom. The van der Waals surface area contributed by atoms with E-state index in [-0.39, 0.29) is 41.9 Å². The summed E-state index contributed by atoms with van der Waals surface area (Å²) >= 11 is 0.990. The standard InChI is InChI=1S/C20H27N5O5S2/c1-2-30-20(27)24-10-8-15(9-11-24)21-19(26)14-6-12-25(13-7-14)32(28,29)17-5-3-4-16-18(17)23-31-22-16/h3-5,14-15H,2,6-13H2,1H3,(H,21,26). The fourth-order valence-corrected chi connectivity index (χ4v) is 6.45. The summed E-state index contributed by atoms with van der Waals surface area (Å²) in [6.45, 7) is 3.80. The van der Waals surface area contributed by atoms with E-state index < -0.39 is 10.0 Å². The molecule has 2 aromatic rings. The average molecular weight is 482 g/mol. The van der Waals surface area contributed by atoms with Crippen LogP contribution in [0.15, 0.2) is 23.1 Å². The molecular weight excluding hydrogens is 454 g/mol. The molecule has 4 rings (SSSR count). The third-order valence-electron chi connectivity index (χ3n) is 6.06. The quantitative estimate of drug-likeness (QED) is 0.691. The van der Waals surface area contributed by atoms with Gasteiger partial charge in [-0.05, 0) is 44.7 Å². The van der Waals surface area contributed by atoms with Gasteiger partial charge >= 0.3 is 6.09 Å². The van der Waals surface area contributed by atoms with Crippen molar-refractivity contribution in [3.63, 3.8) is 0 Å². The highest BCUT2D eigenvalue weighted by Crippen LogP contribution is 2.28. The van der Waals surface area contributed by atoms with Gasteiger partial charge in [0.2, 0.25) is 15.9 Å². The molecule has 1 aromatic carbocycles. The number of rotatable bonds is 5. The molecule has 32 heavy (non-hydrogen) atoms. The Hall–Kier alpha value is -2.31. The average Bonchev–Trinajstić information content (AvgIpc) is 3.28. The number of hydrogen-bond acceptors (Lipinski definition) is 8. The zero-order chi connectivity index (χ0) is 22.7. The first-order chi connectivity index (χ1) is 15.4. The van der Waals surface area contributed by atoms with E-state index in [0.29, 0.717) is 56.4 Å². The van der Waals surface area contributed by atoms with Crippen molar-refractivity contribution < 1.29 is 22.7 Å². The number of benzene rings is 1. The van der Waals surface area contributed by atoms with Gasteiger partial charge in [0.25, 0.3) is 0 Å². The van der Waals surface area contributed by atoms with Crippen LogP contribution in [-0.2, 0) is 19.6 Å². The number of nitrogens with zero attached hydrogens (tertiary/aromatic N) is 4. The summed E-state index contributed by atoms with van der Waals surface area (Å²) in [5.74, 6) is -0.260. The normalized spacial score (nSPS) is 19.2. The van der Waals surface area contributed by atoms with Crippen LogP contribution >= 0.6 is 11.7 Å². The summed E-state index contributed by atoms with van der Waals surface area (Å²) in [7, 11) is -3.70. The lowest BCUT2D eigenvalue weighted by atomic mass is 9.96. The Balaban J connectivity index is 1.30. The molecule has 1 N–H and O–H groups in total. The van der Waals surface area contributed by atoms with E-state index in [1.807, 2.05) is 0 Å². The van der Waals surface area contributed by atoms with Gasteiger partial charge in [0.1, 0.15) is 15.9 Å². The molecule has 2 fully saturated rings. The van der Waals surface area contributed by atoms with Gasteiger partial charge in [-0.3, -0.25) is 4.79 Å². The number of amides is 2. The van der Waals surface area contributed by atoms with Crippen molar-refractivity contribution in [1.82, 2.24) is 23.3 Å². The van der Waals surface area contributed by atoms with E-state index in [2.05, 4.69) is 14.1 Å². The third-order valence-corrected chi connectivity index (χ3v) is 8.53. The number of piperidine rings is 2. The summed E-state index contributed by atoms with van der Waals surface area (Å²) in [4.78, 5) is 26.4. The fraction of sp³-hybridized carbons (Fsp3) is 0.600. The lowest BCUT2D eigenvalue weighted by molar-refractivity contribution is -0.127. The van der Waals surface area contributed by atoms with Crippen LogP contribution in [0.2, 0.25) is 0 Å². The van der Waals surface area contributed by atoms with E-state index in [4.69, 9.17) is 4.74 Å². The molecule has 174 valence electrons. The van der Waals surface area contributed by atoms with Crippen molar-refractivity contribution in [2.24, 2.45) is 5.92 Å². The number of sulfonamides is 1. The minimum atomic E-state index is -3.70. The molecule has 0 saturated carbocycles. The molecule has 2 aliphatic heterocycles. The number of hydrogen-bond donors (Lipinski definition) is 1. The largest absolute Gasteiger partial charge is 0.450 e. The monoisotopic (exact) mass is 481 g/mol. The maximum atomic E-state index is 13.1. The van der Waals surface area contributed by atoms with E-state index in [1.165, 1.54) is 4.31 Å². The van der Waals surface area contributed by atoms with Crippen LogP contribution in [0.1, 0.15) is 32.6 Å². The number of nitrogens with one attached hydrogen (secondary N) is 1. The Morgan fingerprint density at radius 2 is 1.84 bits per heavy atom. The summed E-state index contributed by atoms with van der Waals surface area (Å²) in [6, 6.07) is 4.99. The van der Waals surface area contributed by atoms with Crippen LogP contribution in [0, 0.1) is 5.92 Å². The van der Waals surface area contributed by atoms with Gasteiger partial charge in [-0.25, -0.2) is 13.2 Å². The SMILES string of the molecule is CCOC(=O)N1CCC(NC(=O)C2CCN(S(=O)(=O)c3cccc4nsnc34)CC2)CC1. The molecule has 2 amide bonds. The van der Waals surface area contributed by atoms with Crippen molar-refractivity contribution in [2.75, 3.05) is 32.8 Å². The number of carbonyl (C=O) groups is 2. The van der Waals surface area contributed by atoms with Crippen molar-refractivity contribution in [3.05, 3.63) is 18.2 Å². The van der Waals surface area contributed by atoms with Crippen LogP contribution in [0.3, 0.4) is 0 Å². The van der Waals surface area contributed by atoms with Gasteiger partial charge < -0.3 is 15.0 Å². The van der Waals surface area contributed by atoms with Gasteiger partial charge in [-0.15, -0.1) is 0 Å². The number of carbonyl (C=O) groups excluding carboxylic acids is 2. The topological polar surface area (TPSA) is 122 Å². The first-order valence-electron chi connectivity index (χ1n) is 10.8. The Labute approximate surface area is 191 Å².